The van der Waals surface area contributed by atoms with Gasteiger partial charge in [0.15, 0.2) is 5.13 Å². The van der Waals surface area contributed by atoms with Crippen LogP contribution in [-0.2, 0) is 0 Å². The molecule has 0 bridgehead atoms. The molecule has 0 aliphatic carbocycles. The lowest BCUT2D eigenvalue weighted by atomic mass is 10.1. The lowest BCUT2D eigenvalue weighted by Gasteiger charge is -2.40. The topological polar surface area (TPSA) is 58.5 Å². The Morgan fingerprint density at radius 1 is 1.29 bits per heavy atom. The number of allylic oxidation sites excluding steroid dienone is 1. The van der Waals surface area contributed by atoms with Crippen molar-refractivity contribution < 1.29 is 4.39 Å². The minimum Gasteiger partial charge on any atom is -0.368 e. The lowest BCUT2D eigenvalue weighted by Crippen LogP contribution is -2.51. The van der Waals surface area contributed by atoms with E-state index >= 15 is 0 Å². The van der Waals surface area contributed by atoms with Crippen LogP contribution in [0.5, 0.6) is 0 Å². The van der Waals surface area contributed by atoms with Gasteiger partial charge in [0.1, 0.15) is 12.0 Å². The average molecular weight is 441 g/mol. The Hall–Kier alpha value is -2.71. The number of benzene rings is 1. The van der Waals surface area contributed by atoms with Gasteiger partial charge in [-0.3, -0.25) is 0 Å². The second-order valence-electron chi connectivity index (χ2n) is 7.78. The molecule has 0 spiro atoms. The summed E-state index contributed by atoms with van der Waals surface area (Å²) >= 11 is 1.55. The fraction of sp³-hybridized carbons (Fsp3) is 0.391. The van der Waals surface area contributed by atoms with E-state index in [1.165, 1.54) is 17.8 Å². The van der Waals surface area contributed by atoms with E-state index in [9.17, 15) is 4.39 Å². The Kier molecular flexibility index (Phi) is 6.67. The maximum Gasteiger partial charge on any atom is 0.187 e. The van der Waals surface area contributed by atoms with Gasteiger partial charge in [0.05, 0.1) is 17.1 Å². The lowest BCUT2D eigenvalue weighted by molar-refractivity contribution is 0.284. The largest absolute Gasteiger partial charge is 0.368 e. The fourth-order valence-corrected chi connectivity index (χ4v) is 4.79. The summed E-state index contributed by atoms with van der Waals surface area (Å²) in [4.78, 5) is 11.5. The number of thiazole rings is 1. The first-order chi connectivity index (χ1) is 15.1. The van der Waals surface area contributed by atoms with Gasteiger partial charge in [0, 0.05) is 56.9 Å². The van der Waals surface area contributed by atoms with Gasteiger partial charge in [0.25, 0.3) is 0 Å². The number of halogens is 1. The van der Waals surface area contributed by atoms with Crippen molar-refractivity contribution in [3.8, 4) is 11.3 Å². The van der Waals surface area contributed by atoms with Crippen LogP contribution in [0.3, 0.4) is 0 Å². The van der Waals surface area contributed by atoms with Gasteiger partial charge in [-0.15, -0.1) is 11.3 Å². The molecule has 4 rings (SSSR count). The molecule has 1 fully saturated rings. The van der Waals surface area contributed by atoms with E-state index in [-0.39, 0.29) is 12.0 Å². The van der Waals surface area contributed by atoms with E-state index in [0.717, 1.165) is 49.1 Å². The number of nitrogens with one attached hydrogen (secondary N) is 2. The zero-order valence-electron chi connectivity index (χ0n) is 18.0. The predicted octanol–water partition coefficient (Wildman–Crippen LogP) is 3.76. The van der Waals surface area contributed by atoms with Crippen LogP contribution in [0.4, 0.5) is 9.52 Å². The first kappa shape index (κ1) is 21.5. The third-order valence-electron chi connectivity index (χ3n) is 5.69. The van der Waals surface area contributed by atoms with Crippen molar-refractivity contribution >= 4 is 22.2 Å². The van der Waals surface area contributed by atoms with Gasteiger partial charge in [-0.2, -0.15) is 0 Å². The van der Waals surface area contributed by atoms with Gasteiger partial charge in [-0.05, 0) is 36.8 Å². The molecule has 8 heteroatoms. The zero-order chi connectivity index (χ0) is 21.8. The van der Waals surface area contributed by atoms with Gasteiger partial charge in [-0.1, -0.05) is 13.0 Å². The highest BCUT2D eigenvalue weighted by atomic mass is 32.1. The number of nitrogens with zero attached hydrogens (tertiary/aromatic N) is 4. The van der Waals surface area contributed by atoms with Crippen molar-refractivity contribution in [2.24, 2.45) is 0 Å². The second-order valence-corrected chi connectivity index (χ2v) is 8.61. The van der Waals surface area contributed by atoms with Crippen molar-refractivity contribution in [1.29, 1.82) is 5.41 Å². The maximum atomic E-state index is 13.3. The van der Waals surface area contributed by atoms with E-state index in [2.05, 4.69) is 38.4 Å². The van der Waals surface area contributed by atoms with Crippen LogP contribution in [0.15, 0.2) is 53.7 Å². The van der Waals surface area contributed by atoms with E-state index in [1.54, 1.807) is 23.5 Å². The quantitative estimate of drug-likeness (QED) is 0.642. The van der Waals surface area contributed by atoms with Gasteiger partial charge in [-0.25, -0.2) is 9.37 Å². The maximum absolute atomic E-state index is 13.3. The molecule has 1 atom stereocenters. The van der Waals surface area contributed by atoms with Crippen LogP contribution in [0.25, 0.3) is 11.3 Å². The third kappa shape index (κ3) is 4.80. The molecule has 0 saturated carbocycles. The summed E-state index contributed by atoms with van der Waals surface area (Å²) in [6.45, 7) is 6.74. The highest BCUT2D eigenvalue weighted by Gasteiger charge is 2.28. The molecule has 164 valence electrons. The molecule has 31 heavy (non-hydrogen) atoms. The molecule has 2 aromatic rings. The summed E-state index contributed by atoms with van der Waals surface area (Å²) in [5.41, 5.74) is 3.55. The minimum atomic E-state index is -0.252. The Morgan fingerprint density at radius 3 is 2.74 bits per heavy atom. The number of anilines is 1. The van der Waals surface area contributed by atoms with Crippen molar-refractivity contribution in [2.75, 3.05) is 44.7 Å². The molecule has 2 aliphatic heterocycles. The van der Waals surface area contributed by atoms with Crippen molar-refractivity contribution in [1.82, 2.24) is 20.1 Å². The monoisotopic (exact) mass is 440 g/mol. The first-order valence-corrected chi connectivity index (χ1v) is 11.6. The van der Waals surface area contributed by atoms with Crippen LogP contribution in [0.1, 0.15) is 13.3 Å². The number of hydrogen-bond donors (Lipinski definition) is 2. The van der Waals surface area contributed by atoms with Gasteiger partial charge in [0.2, 0.25) is 0 Å². The Bertz CT molecular complexity index is 961. The summed E-state index contributed by atoms with van der Waals surface area (Å²) in [5.74, 6) is -0.252. The SMILES string of the molecule is CCC(=N)C(N1C=C(N2CCNCC2)C=CC1)N(C)c1nc(-c2ccc(F)cc2)cs1. The van der Waals surface area contributed by atoms with Crippen LogP contribution >= 0.6 is 11.3 Å². The van der Waals surface area contributed by atoms with Crippen molar-refractivity contribution in [3.63, 3.8) is 0 Å². The van der Waals surface area contributed by atoms with Crippen LogP contribution in [-0.4, -0.2) is 66.4 Å². The molecule has 6 nitrogen and oxygen atoms in total. The van der Waals surface area contributed by atoms with E-state index in [1.807, 2.05) is 19.4 Å². The second kappa shape index (κ2) is 9.62. The molecular formula is C23H29FN6S. The number of piperazine rings is 1. The molecular weight excluding hydrogens is 411 g/mol. The molecule has 1 saturated heterocycles. The molecule has 3 heterocycles. The summed E-state index contributed by atoms with van der Waals surface area (Å²) < 4.78 is 13.3. The van der Waals surface area contributed by atoms with Crippen LogP contribution in [0.2, 0.25) is 0 Å². The average Bonchev–Trinajstić information content (AvgIpc) is 3.31. The molecule has 1 unspecified atom stereocenters. The smallest absolute Gasteiger partial charge is 0.187 e. The minimum absolute atomic E-state index is 0.208. The standard InChI is InChI=1S/C23H29FN6S/c1-3-20(25)22(30-12-4-5-19(15-30)29-13-10-26-11-14-29)28(2)23-27-21(16-31-23)17-6-8-18(24)9-7-17/h4-9,15-16,22,25-26H,3,10-14H2,1-2H3. The summed E-state index contributed by atoms with van der Waals surface area (Å²) in [6.07, 6.45) is 7.00. The summed E-state index contributed by atoms with van der Waals surface area (Å²) in [5, 5.41) is 14.9. The normalized spacial score (nSPS) is 17.5. The van der Waals surface area contributed by atoms with Crippen LogP contribution in [0, 0.1) is 11.2 Å². The molecule has 1 aromatic carbocycles. The van der Waals surface area contributed by atoms with Gasteiger partial charge >= 0.3 is 0 Å². The molecule has 0 amide bonds. The molecule has 2 N–H and O–H groups in total. The number of rotatable bonds is 7. The van der Waals surface area contributed by atoms with Crippen molar-refractivity contribution in [2.45, 2.75) is 19.5 Å². The van der Waals surface area contributed by atoms with Crippen molar-refractivity contribution in [3.05, 3.63) is 59.5 Å². The Morgan fingerprint density at radius 2 is 2.03 bits per heavy atom. The summed E-state index contributed by atoms with van der Waals surface area (Å²) in [7, 11) is 2.00. The van der Waals surface area contributed by atoms with E-state index in [0.29, 0.717) is 12.1 Å². The number of aromatic nitrogens is 1. The molecule has 2 aliphatic rings. The molecule has 0 radical (unpaired) electrons. The fourth-order valence-electron chi connectivity index (χ4n) is 3.96. The highest BCUT2D eigenvalue weighted by molar-refractivity contribution is 7.14. The summed E-state index contributed by atoms with van der Waals surface area (Å²) in [6, 6.07) is 6.40. The van der Waals surface area contributed by atoms with E-state index < -0.39 is 0 Å². The Labute approximate surface area is 187 Å². The van der Waals surface area contributed by atoms with Gasteiger partial charge < -0.3 is 25.4 Å². The zero-order valence-corrected chi connectivity index (χ0v) is 18.8. The predicted molar refractivity (Wildman–Crippen MR) is 126 cm³/mol. The van der Waals surface area contributed by atoms with E-state index in [4.69, 9.17) is 10.4 Å². The number of hydrogen-bond acceptors (Lipinski definition) is 7. The van der Waals surface area contributed by atoms with Crippen LogP contribution < -0.4 is 10.2 Å². The Balaban J connectivity index is 1.58. The third-order valence-corrected chi connectivity index (χ3v) is 6.62. The molecule has 1 aromatic heterocycles. The first-order valence-electron chi connectivity index (χ1n) is 10.7. The highest BCUT2D eigenvalue weighted by Crippen LogP contribution is 2.30.